The van der Waals surface area contributed by atoms with Gasteiger partial charge in [-0.15, -0.1) is 0 Å². The highest BCUT2D eigenvalue weighted by atomic mass is 35.5. The van der Waals surface area contributed by atoms with Crippen molar-refractivity contribution >= 4 is 23.5 Å². The third-order valence-corrected chi connectivity index (χ3v) is 5.66. The molecule has 2 fully saturated rings. The van der Waals surface area contributed by atoms with E-state index in [1.807, 2.05) is 13.8 Å². The first-order chi connectivity index (χ1) is 12.3. The molecule has 26 heavy (non-hydrogen) atoms. The molecule has 0 radical (unpaired) electrons. The second-order valence-electron chi connectivity index (χ2n) is 7.22. The molecule has 0 atom stereocenters. The van der Waals surface area contributed by atoms with Crippen LogP contribution in [0.15, 0.2) is 12.1 Å². The van der Waals surface area contributed by atoms with Crippen molar-refractivity contribution in [3.8, 4) is 0 Å². The molecule has 1 spiro atoms. The molecular weight excluding hydrogens is 358 g/mol. The van der Waals surface area contributed by atoms with Crippen molar-refractivity contribution < 1.29 is 24.2 Å². The first-order valence-electron chi connectivity index (χ1n) is 8.81. The lowest BCUT2D eigenvalue weighted by atomic mass is 9.78. The third-order valence-electron chi connectivity index (χ3n) is 5.45. The summed E-state index contributed by atoms with van der Waals surface area (Å²) in [6.07, 6.45) is 1.38. The maximum absolute atomic E-state index is 12.6. The summed E-state index contributed by atoms with van der Waals surface area (Å²) in [6, 6.07) is 3.59. The lowest BCUT2D eigenvalue weighted by Gasteiger charge is -2.44. The zero-order chi connectivity index (χ0) is 18.9. The summed E-state index contributed by atoms with van der Waals surface area (Å²) in [6.45, 7) is 4.80. The molecule has 3 rings (SSSR count). The minimum atomic E-state index is -1.38. The number of halogens is 1. The molecule has 1 saturated heterocycles. The number of carboxylic acids is 1. The molecule has 1 N–H and O–H groups in total. The molecule has 1 aliphatic heterocycles. The first kappa shape index (κ1) is 19.1. The van der Waals surface area contributed by atoms with Gasteiger partial charge in [0.05, 0.1) is 31.1 Å². The van der Waals surface area contributed by atoms with E-state index in [2.05, 4.69) is 5.32 Å². The van der Waals surface area contributed by atoms with Gasteiger partial charge in [0.2, 0.25) is 5.91 Å². The topological polar surface area (TPSA) is 87.7 Å². The predicted octanol–water partition coefficient (Wildman–Crippen LogP) is 1.42. The van der Waals surface area contributed by atoms with Gasteiger partial charge in [0.15, 0.2) is 5.79 Å². The van der Waals surface area contributed by atoms with E-state index in [0.717, 1.165) is 16.7 Å². The van der Waals surface area contributed by atoms with Crippen LogP contribution in [0, 0.1) is 13.8 Å². The molecule has 142 valence electrons. The summed E-state index contributed by atoms with van der Waals surface area (Å²) in [7, 11) is 0. The summed E-state index contributed by atoms with van der Waals surface area (Å²) in [4.78, 5) is 24.4. The highest BCUT2D eigenvalue weighted by molar-refractivity contribution is 6.30. The van der Waals surface area contributed by atoms with E-state index in [4.69, 9.17) is 21.1 Å². The Balaban J connectivity index is 1.71. The van der Waals surface area contributed by atoms with Crippen LogP contribution in [-0.4, -0.2) is 36.4 Å². The van der Waals surface area contributed by atoms with Crippen molar-refractivity contribution in [2.24, 2.45) is 0 Å². The number of amides is 1. The average molecular weight is 381 g/mol. The molecule has 0 bridgehead atoms. The van der Waals surface area contributed by atoms with Gasteiger partial charge in [0, 0.05) is 17.9 Å². The van der Waals surface area contributed by atoms with Gasteiger partial charge in [0.25, 0.3) is 0 Å². The molecule has 1 aromatic carbocycles. The molecule has 0 unspecified atom stereocenters. The lowest BCUT2D eigenvalue weighted by Crippen LogP contribution is -2.63. The highest BCUT2D eigenvalue weighted by Gasteiger charge is 2.47. The predicted molar refractivity (Wildman–Crippen MR) is 93.6 cm³/mol. The SMILES string of the molecule is Cc1cc(Cl)cc(C)c1CC(=O)NC1(C(=O)[O-])CCC2(CC1)OCCO2. The van der Waals surface area contributed by atoms with E-state index in [1.165, 1.54) is 0 Å². The highest BCUT2D eigenvalue weighted by Crippen LogP contribution is 2.40. The summed E-state index contributed by atoms with van der Waals surface area (Å²) in [5, 5.41) is 15.1. The molecular formula is C19H23ClNO5-. The van der Waals surface area contributed by atoms with Gasteiger partial charge in [-0.1, -0.05) is 11.6 Å². The molecule has 1 amide bonds. The monoisotopic (exact) mass is 380 g/mol. The number of rotatable bonds is 4. The van der Waals surface area contributed by atoms with Crippen molar-refractivity contribution in [1.82, 2.24) is 5.32 Å². The van der Waals surface area contributed by atoms with Crippen LogP contribution >= 0.6 is 11.6 Å². The quantitative estimate of drug-likeness (QED) is 0.853. The largest absolute Gasteiger partial charge is 0.548 e. The molecule has 1 heterocycles. The van der Waals surface area contributed by atoms with Gasteiger partial charge in [-0.25, -0.2) is 0 Å². The smallest absolute Gasteiger partial charge is 0.225 e. The summed E-state index contributed by atoms with van der Waals surface area (Å²) < 4.78 is 11.3. The number of nitrogens with one attached hydrogen (secondary N) is 1. The number of carbonyl (C=O) groups excluding carboxylic acids is 2. The van der Waals surface area contributed by atoms with Crippen LogP contribution in [-0.2, 0) is 25.5 Å². The number of carbonyl (C=O) groups is 2. The zero-order valence-electron chi connectivity index (χ0n) is 15.0. The Morgan fingerprint density at radius 2 is 1.65 bits per heavy atom. The Kier molecular flexibility index (Phi) is 5.28. The zero-order valence-corrected chi connectivity index (χ0v) is 15.8. The van der Waals surface area contributed by atoms with Crippen LogP contribution in [0.5, 0.6) is 0 Å². The Hall–Kier alpha value is -1.63. The van der Waals surface area contributed by atoms with Crippen molar-refractivity contribution in [3.63, 3.8) is 0 Å². The fraction of sp³-hybridized carbons (Fsp3) is 0.579. The summed E-state index contributed by atoms with van der Waals surface area (Å²) in [5.41, 5.74) is 1.28. The van der Waals surface area contributed by atoms with Crippen LogP contribution in [0.1, 0.15) is 42.4 Å². The van der Waals surface area contributed by atoms with Crippen molar-refractivity contribution in [2.45, 2.75) is 57.3 Å². The maximum Gasteiger partial charge on any atom is 0.225 e. The summed E-state index contributed by atoms with van der Waals surface area (Å²) >= 11 is 6.03. The second kappa shape index (κ2) is 7.18. The number of benzene rings is 1. The number of carboxylic acid groups (broad SMARTS) is 1. The van der Waals surface area contributed by atoms with Crippen molar-refractivity contribution in [2.75, 3.05) is 13.2 Å². The molecule has 2 aliphatic rings. The first-order valence-corrected chi connectivity index (χ1v) is 9.19. The molecule has 1 aliphatic carbocycles. The minimum Gasteiger partial charge on any atom is -0.548 e. The number of ether oxygens (including phenoxy) is 2. The van der Waals surface area contributed by atoms with Gasteiger partial charge in [-0.05, 0) is 55.5 Å². The Bertz CT molecular complexity index is 694. The van der Waals surface area contributed by atoms with E-state index >= 15 is 0 Å². The van der Waals surface area contributed by atoms with E-state index in [1.54, 1.807) is 12.1 Å². The fourth-order valence-electron chi connectivity index (χ4n) is 3.91. The number of hydrogen-bond acceptors (Lipinski definition) is 5. The van der Waals surface area contributed by atoms with Gasteiger partial charge in [0.1, 0.15) is 0 Å². The molecule has 0 aromatic heterocycles. The van der Waals surface area contributed by atoms with Gasteiger partial charge < -0.3 is 24.7 Å². The standard InChI is InChI=1S/C19H24ClNO5/c1-12-9-14(20)10-13(2)15(12)11-16(22)21-18(17(23)24)3-5-19(6-4-18)25-7-8-26-19/h9-10H,3-8,11H2,1-2H3,(H,21,22)(H,23,24)/p-1. The van der Waals surface area contributed by atoms with Gasteiger partial charge in [-0.3, -0.25) is 4.79 Å². The van der Waals surface area contributed by atoms with Crippen LogP contribution in [0.25, 0.3) is 0 Å². The minimum absolute atomic E-state index is 0.0992. The van der Waals surface area contributed by atoms with Crippen LogP contribution < -0.4 is 10.4 Å². The van der Waals surface area contributed by atoms with E-state index < -0.39 is 17.3 Å². The van der Waals surface area contributed by atoms with Crippen LogP contribution in [0.2, 0.25) is 5.02 Å². The molecule has 1 aromatic rings. The summed E-state index contributed by atoms with van der Waals surface area (Å²) in [5.74, 6) is -2.30. The second-order valence-corrected chi connectivity index (χ2v) is 7.66. The van der Waals surface area contributed by atoms with Gasteiger partial charge >= 0.3 is 0 Å². The molecule has 7 heteroatoms. The number of hydrogen-bond donors (Lipinski definition) is 1. The van der Waals surface area contributed by atoms with E-state index in [-0.39, 0.29) is 25.2 Å². The molecule has 6 nitrogen and oxygen atoms in total. The fourth-order valence-corrected chi connectivity index (χ4v) is 4.24. The Labute approximate surface area is 157 Å². The normalized spacial score (nSPS) is 20.9. The molecule has 1 saturated carbocycles. The van der Waals surface area contributed by atoms with Crippen LogP contribution in [0.4, 0.5) is 0 Å². The number of aliphatic carboxylic acids is 1. The van der Waals surface area contributed by atoms with Crippen molar-refractivity contribution in [1.29, 1.82) is 0 Å². The maximum atomic E-state index is 12.6. The van der Waals surface area contributed by atoms with Crippen LogP contribution in [0.3, 0.4) is 0 Å². The number of aryl methyl sites for hydroxylation is 2. The Morgan fingerprint density at radius 1 is 1.12 bits per heavy atom. The third kappa shape index (κ3) is 3.72. The Morgan fingerprint density at radius 3 is 2.15 bits per heavy atom. The lowest BCUT2D eigenvalue weighted by molar-refractivity contribution is -0.318. The average Bonchev–Trinajstić information content (AvgIpc) is 3.02. The van der Waals surface area contributed by atoms with E-state index in [9.17, 15) is 14.7 Å². The van der Waals surface area contributed by atoms with Gasteiger partial charge in [-0.2, -0.15) is 0 Å². The van der Waals surface area contributed by atoms with E-state index in [0.29, 0.717) is 31.1 Å². The van der Waals surface area contributed by atoms with Crippen molar-refractivity contribution in [3.05, 3.63) is 33.8 Å².